The maximum absolute atomic E-state index is 12.9. The molecule has 0 aromatic heterocycles. The number of alkyl halides is 1. The maximum Gasteiger partial charge on any atom is 0.255 e. The van der Waals surface area contributed by atoms with Crippen LogP contribution in [0.3, 0.4) is 0 Å². The van der Waals surface area contributed by atoms with Crippen molar-refractivity contribution in [3.8, 4) is 11.8 Å². The molecule has 1 amide bonds. The summed E-state index contributed by atoms with van der Waals surface area (Å²) >= 11 is 0. The summed E-state index contributed by atoms with van der Waals surface area (Å²) < 4.78 is 12.9. The van der Waals surface area contributed by atoms with Crippen molar-refractivity contribution < 1.29 is 14.3 Å². The quantitative estimate of drug-likeness (QED) is 0.571. The van der Waals surface area contributed by atoms with Gasteiger partial charge in [0.15, 0.2) is 6.17 Å². The molecule has 17 heavy (non-hydrogen) atoms. The van der Waals surface area contributed by atoms with Crippen LogP contribution in [-0.4, -0.2) is 29.3 Å². The van der Waals surface area contributed by atoms with Crippen LogP contribution in [0, 0.1) is 17.8 Å². The molecule has 4 atom stereocenters. The van der Waals surface area contributed by atoms with Crippen LogP contribution in [0.1, 0.15) is 26.7 Å². The van der Waals surface area contributed by atoms with E-state index in [1.54, 1.807) is 19.1 Å². The molecule has 1 heterocycles. The summed E-state index contributed by atoms with van der Waals surface area (Å²) in [5, 5.41) is 12.3. The fourth-order valence-corrected chi connectivity index (χ4v) is 1.61. The number of halogens is 1. The molecule has 0 aliphatic carbocycles. The summed E-state index contributed by atoms with van der Waals surface area (Å²) in [5.41, 5.74) is 0. The Morgan fingerprint density at radius 2 is 2.41 bits per heavy atom. The predicted molar refractivity (Wildman–Crippen MR) is 63.8 cm³/mol. The molecule has 94 valence electrons. The van der Waals surface area contributed by atoms with Gasteiger partial charge in [-0.3, -0.25) is 4.79 Å². The van der Waals surface area contributed by atoms with Crippen molar-refractivity contribution in [2.75, 3.05) is 0 Å². The number of nitrogens with one attached hydrogen (secondary N) is 1. The lowest BCUT2D eigenvalue weighted by Crippen LogP contribution is -2.25. The first kappa shape index (κ1) is 13.7. The van der Waals surface area contributed by atoms with Gasteiger partial charge in [-0.25, -0.2) is 4.39 Å². The summed E-state index contributed by atoms with van der Waals surface area (Å²) in [6.45, 7) is 3.65. The zero-order chi connectivity index (χ0) is 12.8. The molecule has 1 unspecified atom stereocenters. The number of aliphatic hydroxyl groups is 1. The Morgan fingerprint density at radius 3 is 2.94 bits per heavy atom. The fourth-order valence-electron chi connectivity index (χ4n) is 1.61. The van der Waals surface area contributed by atoms with E-state index in [2.05, 4.69) is 17.2 Å². The third-order valence-corrected chi connectivity index (χ3v) is 2.80. The normalized spacial score (nSPS) is 27.4. The highest BCUT2D eigenvalue weighted by Crippen LogP contribution is 2.14. The maximum atomic E-state index is 12.9. The van der Waals surface area contributed by atoms with Crippen LogP contribution in [0.5, 0.6) is 0 Å². The van der Waals surface area contributed by atoms with Crippen LogP contribution in [0.15, 0.2) is 12.2 Å². The van der Waals surface area contributed by atoms with Crippen molar-refractivity contribution in [1.29, 1.82) is 0 Å². The number of aliphatic hydroxyl groups excluding tert-OH is 1. The second kappa shape index (κ2) is 6.41. The summed E-state index contributed by atoms with van der Waals surface area (Å²) in [6, 6.07) is -0.309. The van der Waals surface area contributed by atoms with E-state index >= 15 is 0 Å². The second-order valence-electron chi connectivity index (χ2n) is 4.30. The molecule has 1 fully saturated rings. The number of hydrogen-bond acceptors (Lipinski definition) is 2. The highest BCUT2D eigenvalue weighted by atomic mass is 19.1. The van der Waals surface area contributed by atoms with Gasteiger partial charge in [-0.15, -0.1) is 11.8 Å². The lowest BCUT2D eigenvalue weighted by molar-refractivity contribution is -0.123. The highest BCUT2D eigenvalue weighted by Gasteiger charge is 2.30. The number of hydrogen-bond donors (Lipinski definition) is 2. The van der Waals surface area contributed by atoms with Gasteiger partial charge in [-0.05, 0) is 12.8 Å². The van der Waals surface area contributed by atoms with Gasteiger partial charge in [-0.1, -0.05) is 19.1 Å². The van der Waals surface area contributed by atoms with Gasteiger partial charge in [0.25, 0.3) is 5.91 Å². The van der Waals surface area contributed by atoms with Gasteiger partial charge in [0.2, 0.25) is 0 Å². The molecule has 1 aliphatic rings. The van der Waals surface area contributed by atoms with E-state index in [1.165, 1.54) is 0 Å². The summed E-state index contributed by atoms with van der Waals surface area (Å²) in [6.07, 6.45) is 1.97. The average Bonchev–Trinajstić information content (AvgIpc) is 2.62. The van der Waals surface area contributed by atoms with Crippen LogP contribution in [-0.2, 0) is 4.79 Å². The Bertz CT molecular complexity index is 356. The number of carbonyl (C=O) groups excluding carboxylic acids is 1. The molecule has 0 spiro atoms. The Balaban J connectivity index is 2.42. The van der Waals surface area contributed by atoms with E-state index in [4.69, 9.17) is 0 Å². The Labute approximate surface area is 101 Å². The molecule has 1 rings (SSSR count). The molecule has 0 radical (unpaired) electrons. The summed E-state index contributed by atoms with van der Waals surface area (Å²) in [5.74, 6) is 5.12. The van der Waals surface area contributed by atoms with E-state index in [0.717, 1.165) is 0 Å². The van der Waals surface area contributed by atoms with E-state index in [0.29, 0.717) is 6.42 Å². The van der Waals surface area contributed by atoms with Gasteiger partial charge in [0, 0.05) is 12.8 Å². The Kier molecular flexibility index (Phi) is 5.17. The van der Waals surface area contributed by atoms with Crippen LogP contribution in [0.4, 0.5) is 4.39 Å². The van der Waals surface area contributed by atoms with Gasteiger partial charge in [-0.2, -0.15) is 0 Å². The Morgan fingerprint density at radius 1 is 1.71 bits per heavy atom. The smallest absolute Gasteiger partial charge is 0.255 e. The largest absolute Gasteiger partial charge is 0.389 e. The minimum Gasteiger partial charge on any atom is -0.389 e. The van der Waals surface area contributed by atoms with Crippen molar-refractivity contribution in [3.05, 3.63) is 12.2 Å². The van der Waals surface area contributed by atoms with Gasteiger partial charge >= 0.3 is 0 Å². The van der Waals surface area contributed by atoms with Gasteiger partial charge in [0.05, 0.1) is 12.1 Å². The van der Waals surface area contributed by atoms with Crippen LogP contribution >= 0.6 is 0 Å². The van der Waals surface area contributed by atoms with Crippen molar-refractivity contribution in [3.63, 3.8) is 0 Å². The molecule has 0 aromatic rings. The topological polar surface area (TPSA) is 49.3 Å². The van der Waals surface area contributed by atoms with E-state index in [1.807, 2.05) is 6.92 Å². The summed E-state index contributed by atoms with van der Waals surface area (Å²) in [4.78, 5) is 10.9. The standard InChI is InChI=1S/C13H18FNO2/c1-3-4-5-9(2)12(16)7-6-10-8-11(14)13(17)15-10/h6-7,9-12,16H,5,8H2,1-2H3,(H,15,17)/b7-6+/t9-,10-,11?,12+/m0/s1. The number of rotatable bonds is 4. The minimum atomic E-state index is -1.43. The fraction of sp³-hybridized carbons (Fsp3) is 0.615. The third-order valence-electron chi connectivity index (χ3n) is 2.80. The van der Waals surface area contributed by atoms with Gasteiger partial charge < -0.3 is 10.4 Å². The zero-order valence-corrected chi connectivity index (χ0v) is 10.1. The minimum absolute atomic E-state index is 0.0250. The molecule has 1 aliphatic heterocycles. The molecule has 2 N–H and O–H groups in total. The lowest BCUT2D eigenvalue weighted by Gasteiger charge is -2.13. The molecule has 0 saturated carbocycles. The van der Waals surface area contributed by atoms with E-state index in [-0.39, 0.29) is 18.4 Å². The predicted octanol–water partition coefficient (Wildman–Crippen LogP) is 1.18. The lowest BCUT2D eigenvalue weighted by atomic mass is 10.00. The van der Waals surface area contributed by atoms with Crippen molar-refractivity contribution in [2.24, 2.45) is 5.92 Å². The van der Waals surface area contributed by atoms with E-state index in [9.17, 15) is 14.3 Å². The number of carbonyl (C=O) groups is 1. The van der Waals surface area contributed by atoms with Crippen LogP contribution < -0.4 is 5.32 Å². The van der Waals surface area contributed by atoms with Crippen molar-refractivity contribution >= 4 is 5.91 Å². The molecule has 0 aromatic carbocycles. The monoisotopic (exact) mass is 239 g/mol. The molecule has 1 saturated heterocycles. The van der Waals surface area contributed by atoms with Crippen LogP contribution in [0.2, 0.25) is 0 Å². The summed E-state index contributed by atoms with van der Waals surface area (Å²) in [7, 11) is 0. The zero-order valence-electron chi connectivity index (χ0n) is 10.1. The molecule has 0 bridgehead atoms. The first-order chi connectivity index (χ1) is 8.04. The van der Waals surface area contributed by atoms with Crippen LogP contribution in [0.25, 0.3) is 0 Å². The SMILES string of the molecule is CC#CC[C@H](C)[C@H](O)/C=C/[C@H]1CC(F)C(=O)N1. The second-order valence-corrected chi connectivity index (χ2v) is 4.30. The van der Waals surface area contributed by atoms with E-state index < -0.39 is 18.2 Å². The number of amides is 1. The van der Waals surface area contributed by atoms with Crippen molar-refractivity contribution in [1.82, 2.24) is 5.32 Å². The molecule has 3 nitrogen and oxygen atoms in total. The first-order valence-corrected chi connectivity index (χ1v) is 5.75. The molecule has 4 heteroatoms. The molecular weight excluding hydrogens is 221 g/mol. The third kappa shape index (κ3) is 4.20. The average molecular weight is 239 g/mol. The first-order valence-electron chi connectivity index (χ1n) is 5.75. The highest BCUT2D eigenvalue weighted by molar-refractivity contribution is 5.83. The van der Waals surface area contributed by atoms with Gasteiger partial charge in [0.1, 0.15) is 0 Å². The van der Waals surface area contributed by atoms with Crippen molar-refractivity contribution in [2.45, 2.75) is 45.0 Å². The molecular formula is C13H18FNO2. The Hall–Kier alpha value is -1.34.